The first kappa shape index (κ1) is 26.7. The highest BCUT2D eigenvalue weighted by Gasteiger charge is 2.33. The molecule has 8 heteroatoms. The number of hydrogen-bond donors (Lipinski definition) is 0. The van der Waals surface area contributed by atoms with E-state index in [0.29, 0.717) is 37.0 Å². The molecule has 0 aliphatic carbocycles. The smallest absolute Gasteiger partial charge is 0.321 e. The van der Waals surface area contributed by atoms with Crippen LogP contribution in [0.15, 0.2) is 48.7 Å². The van der Waals surface area contributed by atoms with Gasteiger partial charge in [-0.25, -0.2) is 9.18 Å². The number of imide groups is 1. The number of likely N-dealkylation sites (tertiary alicyclic amines) is 1. The summed E-state index contributed by atoms with van der Waals surface area (Å²) in [5, 5.41) is 1.85. The molecule has 0 radical (unpaired) electrons. The van der Waals surface area contributed by atoms with E-state index >= 15 is 0 Å². The molecule has 0 N–H and O–H groups in total. The lowest BCUT2D eigenvalue weighted by Crippen LogP contribution is -2.41. The van der Waals surface area contributed by atoms with Gasteiger partial charge in [0.1, 0.15) is 5.82 Å². The predicted molar refractivity (Wildman–Crippen MR) is 149 cm³/mol. The summed E-state index contributed by atoms with van der Waals surface area (Å²) in [7, 11) is 0. The standard InChI is InChI=1S/C30H36ClFN4O2/c1-2-3-4-5-29(37)35-19-18-34(30(35)38)17-16-33-14-12-22(13-15-33)27-21-36(25-9-7-24(32)8-10-25)28-11-6-23(31)20-26(27)28/h6-11,20-22H,2-5,12-19H2,1H3. The molecule has 0 spiro atoms. The number of hydrogen-bond acceptors (Lipinski definition) is 3. The molecular formula is C30H36ClFN4O2. The third-order valence-corrected chi connectivity index (χ3v) is 8.24. The Hall–Kier alpha value is -2.90. The normalized spacial score (nSPS) is 17.2. The number of piperidine rings is 1. The fourth-order valence-corrected chi connectivity index (χ4v) is 5.95. The van der Waals surface area contributed by atoms with Gasteiger partial charge >= 0.3 is 6.03 Å². The van der Waals surface area contributed by atoms with Gasteiger partial charge in [0.2, 0.25) is 5.91 Å². The second-order valence-corrected chi connectivity index (χ2v) is 10.9. The summed E-state index contributed by atoms with van der Waals surface area (Å²) in [6, 6.07) is 12.4. The van der Waals surface area contributed by atoms with E-state index < -0.39 is 0 Å². The number of halogens is 2. The third kappa shape index (κ3) is 5.74. The van der Waals surface area contributed by atoms with Crippen molar-refractivity contribution in [3.05, 3.63) is 65.1 Å². The lowest BCUT2D eigenvalue weighted by atomic mass is 9.89. The Kier molecular flexibility index (Phi) is 8.34. The minimum atomic E-state index is -0.247. The molecule has 2 fully saturated rings. The zero-order chi connectivity index (χ0) is 26.6. The largest absolute Gasteiger partial charge is 0.326 e. The molecule has 0 saturated carbocycles. The fourth-order valence-electron chi connectivity index (χ4n) is 5.78. The Balaban J connectivity index is 1.19. The number of benzene rings is 2. The van der Waals surface area contributed by atoms with Gasteiger partial charge in [-0.3, -0.25) is 9.69 Å². The molecule has 3 amide bonds. The lowest BCUT2D eigenvalue weighted by Gasteiger charge is -2.33. The first-order chi connectivity index (χ1) is 18.4. The van der Waals surface area contributed by atoms with Crippen LogP contribution in [0.4, 0.5) is 9.18 Å². The molecule has 0 atom stereocenters. The second kappa shape index (κ2) is 11.9. The van der Waals surface area contributed by atoms with Gasteiger partial charge in [-0.05, 0) is 86.3 Å². The molecule has 0 bridgehead atoms. The van der Waals surface area contributed by atoms with E-state index in [-0.39, 0.29) is 17.8 Å². The highest BCUT2D eigenvalue weighted by Crippen LogP contribution is 2.37. The van der Waals surface area contributed by atoms with Gasteiger partial charge < -0.3 is 14.4 Å². The van der Waals surface area contributed by atoms with Crippen molar-refractivity contribution in [3.8, 4) is 5.69 Å². The van der Waals surface area contributed by atoms with Gasteiger partial charge in [0.05, 0.1) is 5.52 Å². The van der Waals surface area contributed by atoms with Crippen molar-refractivity contribution in [1.29, 1.82) is 0 Å². The topological polar surface area (TPSA) is 48.8 Å². The Labute approximate surface area is 228 Å². The van der Waals surface area contributed by atoms with Crippen LogP contribution in [0.25, 0.3) is 16.6 Å². The third-order valence-electron chi connectivity index (χ3n) is 8.01. The number of unbranched alkanes of at least 4 members (excludes halogenated alkanes) is 2. The molecule has 0 unspecified atom stereocenters. The molecule has 2 aliphatic rings. The van der Waals surface area contributed by atoms with Crippen LogP contribution in [0.1, 0.15) is 56.9 Å². The zero-order valence-corrected chi connectivity index (χ0v) is 22.8. The maximum Gasteiger partial charge on any atom is 0.326 e. The SMILES string of the molecule is CCCCCC(=O)N1CCN(CCN2CCC(c3cn(-c4ccc(F)cc4)c4ccc(Cl)cc34)CC2)C1=O. The van der Waals surface area contributed by atoms with Gasteiger partial charge in [0, 0.05) is 54.9 Å². The monoisotopic (exact) mass is 538 g/mol. The second-order valence-electron chi connectivity index (χ2n) is 10.5. The summed E-state index contributed by atoms with van der Waals surface area (Å²) >= 11 is 6.38. The maximum atomic E-state index is 13.5. The van der Waals surface area contributed by atoms with E-state index in [4.69, 9.17) is 11.6 Å². The first-order valence-corrected chi connectivity index (χ1v) is 14.2. The van der Waals surface area contributed by atoms with Crippen molar-refractivity contribution in [2.75, 3.05) is 39.3 Å². The van der Waals surface area contributed by atoms with Crippen LogP contribution < -0.4 is 0 Å². The van der Waals surface area contributed by atoms with E-state index in [9.17, 15) is 14.0 Å². The molecule has 2 aliphatic heterocycles. The molecular weight excluding hydrogens is 503 g/mol. The average Bonchev–Trinajstić information content (AvgIpc) is 3.48. The van der Waals surface area contributed by atoms with Gasteiger partial charge in [-0.15, -0.1) is 0 Å². The summed E-state index contributed by atoms with van der Waals surface area (Å²) in [6.07, 6.45) is 7.62. The van der Waals surface area contributed by atoms with Gasteiger partial charge in [0.15, 0.2) is 0 Å². The average molecular weight is 539 g/mol. The van der Waals surface area contributed by atoms with Crippen LogP contribution in [-0.2, 0) is 4.79 Å². The molecule has 3 aromatic rings. The summed E-state index contributed by atoms with van der Waals surface area (Å²) in [5.74, 6) is 0.119. The van der Waals surface area contributed by atoms with Crippen molar-refractivity contribution in [1.82, 2.24) is 19.3 Å². The van der Waals surface area contributed by atoms with Crippen LogP contribution in [0, 0.1) is 5.82 Å². The predicted octanol–water partition coefficient (Wildman–Crippen LogP) is 6.45. The van der Waals surface area contributed by atoms with E-state index in [1.54, 1.807) is 12.1 Å². The number of carbonyl (C=O) groups is 2. The Morgan fingerprint density at radius 3 is 2.50 bits per heavy atom. The van der Waals surface area contributed by atoms with E-state index in [0.717, 1.165) is 68.3 Å². The Morgan fingerprint density at radius 2 is 1.76 bits per heavy atom. The summed E-state index contributed by atoms with van der Waals surface area (Å²) in [4.78, 5) is 30.8. The molecule has 202 valence electrons. The Bertz CT molecular complexity index is 1280. The highest BCUT2D eigenvalue weighted by molar-refractivity contribution is 6.31. The number of carbonyl (C=O) groups excluding carboxylic acids is 2. The summed E-state index contributed by atoms with van der Waals surface area (Å²) in [5.41, 5.74) is 3.27. The van der Waals surface area contributed by atoms with Gasteiger partial charge in [-0.2, -0.15) is 0 Å². The molecule has 2 aromatic carbocycles. The van der Waals surface area contributed by atoms with Crippen molar-refractivity contribution < 1.29 is 14.0 Å². The van der Waals surface area contributed by atoms with Crippen molar-refractivity contribution >= 4 is 34.4 Å². The first-order valence-electron chi connectivity index (χ1n) is 13.8. The number of fused-ring (bicyclic) bond motifs is 1. The maximum absolute atomic E-state index is 13.5. The number of rotatable bonds is 9. The summed E-state index contributed by atoms with van der Waals surface area (Å²) in [6.45, 7) is 6.62. The highest BCUT2D eigenvalue weighted by atomic mass is 35.5. The van der Waals surface area contributed by atoms with Crippen LogP contribution >= 0.6 is 11.6 Å². The van der Waals surface area contributed by atoms with Crippen LogP contribution in [0.5, 0.6) is 0 Å². The van der Waals surface area contributed by atoms with Gasteiger partial charge in [-0.1, -0.05) is 31.4 Å². The van der Waals surface area contributed by atoms with Crippen molar-refractivity contribution in [3.63, 3.8) is 0 Å². The zero-order valence-electron chi connectivity index (χ0n) is 22.0. The summed E-state index contributed by atoms with van der Waals surface area (Å²) < 4.78 is 15.7. The molecule has 1 aromatic heterocycles. The van der Waals surface area contributed by atoms with Crippen LogP contribution in [-0.4, -0.2) is 70.5 Å². The van der Waals surface area contributed by atoms with Crippen LogP contribution in [0.3, 0.4) is 0 Å². The quantitative estimate of drug-likeness (QED) is 0.294. The molecule has 3 heterocycles. The van der Waals surface area contributed by atoms with Crippen molar-refractivity contribution in [2.24, 2.45) is 0 Å². The Morgan fingerprint density at radius 1 is 1.00 bits per heavy atom. The lowest BCUT2D eigenvalue weighted by molar-refractivity contribution is -0.127. The fraction of sp³-hybridized carbons (Fsp3) is 0.467. The van der Waals surface area contributed by atoms with E-state index in [1.165, 1.54) is 22.6 Å². The molecule has 6 nitrogen and oxygen atoms in total. The number of aromatic nitrogens is 1. The van der Waals surface area contributed by atoms with E-state index in [1.807, 2.05) is 23.1 Å². The minimum absolute atomic E-state index is 0.0355. The van der Waals surface area contributed by atoms with Crippen molar-refractivity contribution in [2.45, 2.75) is 51.4 Å². The molecule has 2 saturated heterocycles. The van der Waals surface area contributed by atoms with E-state index in [2.05, 4.69) is 22.6 Å². The van der Waals surface area contributed by atoms with Crippen LogP contribution in [0.2, 0.25) is 5.02 Å². The minimum Gasteiger partial charge on any atom is -0.321 e. The molecule has 38 heavy (non-hydrogen) atoms. The van der Waals surface area contributed by atoms with Gasteiger partial charge in [0.25, 0.3) is 0 Å². The number of amides is 3. The molecule has 5 rings (SSSR count). The number of nitrogens with zero attached hydrogens (tertiary/aromatic N) is 4. The number of urea groups is 1.